The van der Waals surface area contributed by atoms with Gasteiger partial charge in [0.25, 0.3) is 0 Å². The fourth-order valence-electron chi connectivity index (χ4n) is 2.99. The fraction of sp³-hybridized carbons (Fsp3) is 0.929. The van der Waals surface area contributed by atoms with Gasteiger partial charge in [0.15, 0.2) is 0 Å². The summed E-state index contributed by atoms with van der Waals surface area (Å²) in [6, 6.07) is 0.358. The van der Waals surface area contributed by atoms with E-state index in [1.165, 1.54) is 0 Å². The van der Waals surface area contributed by atoms with Gasteiger partial charge in [0.1, 0.15) is 0 Å². The maximum atomic E-state index is 12.3. The van der Waals surface area contributed by atoms with E-state index in [2.05, 4.69) is 24.1 Å². The number of carbonyl (C=O) groups excluding carboxylic acids is 1. The molecule has 0 aromatic rings. The standard InChI is InChI=1S/C14H29N3O/c1-9-6-10(2)13(15)7-12(9)14(18)16-11(3)8-17(4)5/h9-13H,6-8,15H2,1-5H3,(H,16,18). The second-order valence-corrected chi connectivity index (χ2v) is 6.37. The summed E-state index contributed by atoms with van der Waals surface area (Å²) in [6.45, 7) is 7.27. The fourth-order valence-corrected chi connectivity index (χ4v) is 2.99. The van der Waals surface area contributed by atoms with Crippen LogP contribution in [-0.4, -0.2) is 43.5 Å². The van der Waals surface area contributed by atoms with Crippen molar-refractivity contribution >= 4 is 5.91 Å². The molecule has 0 aromatic heterocycles. The third-order valence-electron chi connectivity index (χ3n) is 4.05. The Kier molecular flexibility index (Phi) is 5.60. The molecule has 0 radical (unpaired) electrons. The number of nitrogens with one attached hydrogen (secondary N) is 1. The lowest BCUT2D eigenvalue weighted by Gasteiger charge is -2.36. The number of likely N-dealkylation sites (N-methyl/N-ethyl adjacent to an activating group) is 1. The average molecular weight is 255 g/mol. The minimum Gasteiger partial charge on any atom is -0.352 e. The van der Waals surface area contributed by atoms with Gasteiger partial charge >= 0.3 is 0 Å². The Labute approximate surface area is 111 Å². The van der Waals surface area contributed by atoms with E-state index in [9.17, 15) is 4.79 Å². The molecule has 0 spiro atoms. The molecule has 5 unspecified atom stereocenters. The lowest BCUT2D eigenvalue weighted by molar-refractivity contribution is -0.128. The number of rotatable bonds is 4. The maximum absolute atomic E-state index is 12.3. The predicted molar refractivity (Wildman–Crippen MR) is 75.2 cm³/mol. The zero-order chi connectivity index (χ0) is 13.9. The van der Waals surface area contributed by atoms with Crippen molar-refractivity contribution in [3.05, 3.63) is 0 Å². The summed E-state index contributed by atoms with van der Waals surface area (Å²) in [6.07, 6.45) is 1.88. The van der Waals surface area contributed by atoms with Gasteiger partial charge in [0, 0.05) is 24.5 Å². The van der Waals surface area contributed by atoms with E-state index in [1.807, 2.05) is 21.0 Å². The number of carbonyl (C=O) groups is 1. The van der Waals surface area contributed by atoms with Crippen molar-refractivity contribution in [2.45, 2.75) is 45.7 Å². The number of nitrogens with zero attached hydrogens (tertiary/aromatic N) is 1. The van der Waals surface area contributed by atoms with E-state index in [0.717, 1.165) is 19.4 Å². The molecule has 1 rings (SSSR count). The minimum atomic E-state index is 0.0841. The van der Waals surface area contributed by atoms with Crippen molar-refractivity contribution in [2.24, 2.45) is 23.5 Å². The molecule has 3 N–H and O–H groups in total. The van der Waals surface area contributed by atoms with Gasteiger partial charge in [-0.15, -0.1) is 0 Å². The van der Waals surface area contributed by atoms with Gasteiger partial charge in [-0.2, -0.15) is 0 Å². The third-order valence-corrected chi connectivity index (χ3v) is 4.05. The van der Waals surface area contributed by atoms with Crippen LogP contribution >= 0.6 is 0 Å². The zero-order valence-electron chi connectivity index (χ0n) is 12.4. The lowest BCUT2D eigenvalue weighted by Crippen LogP contribution is -2.48. The van der Waals surface area contributed by atoms with E-state index in [4.69, 9.17) is 5.73 Å². The molecule has 4 heteroatoms. The highest BCUT2D eigenvalue weighted by Crippen LogP contribution is 2.32. The predicted octanol–water partition coefficient (Wildman–Crippen LogP) is 1.06. The second kappa shape index (κ2) is 6.53. The van der Waals surface area contributed by atoms with Crippen LogP contribution in [0.3, 0.4) is 0 Å². The van der Waals surface area contributed by atoms with E-state index in [-0.39, 0.29) is 23.9 Å². The number of nitrogens with two attached hydrogens (primary N) is 1. The first-order chi connectivity index (χ1) is 8.31. The summed E-state index contributed by atoms with van der Waals surface area (Å²) in [7, 11) is 4.03. The van der Waals surface area contributed by atoms with E-state index in [1.54, 1.807) is 0 Å². The van der Waals surface area contributed by atoms with Gasteiger partial charge in [-0.05, 0) is 45.7 Å². The molecule has 1 saturated carbocycles. The molecule has 1 aliphatic carbocycles. The SMILES string of the molecule is CC(CN(C)C)NC(=O)C1CC(N)C(C)CC1C. The molecule has 0 bridgehead atoms. The first kappa shape index (κ1) is 15.4. The Balaban J connectivity index is 2.50. The van der Waals surface area contributed by atoms with Crippen LogP contribution in [-0.2, 0) is 4.79 Å². The van der Waals surface area contributed by atoms with E-state index >= 15 is 0 Å². The first-order valence-electron chi connectivity index (χ1n) is 7.02. The molecule has 0 aliphatic heterocycles. The molecule has 0 saturated heterocycles. The minimum absolute atomic E-state index is 0.0841. The molecule has 1 fully saturated rings. The summed E-state index contributed by atoms with van der Waals surface area (Å²) in [5.41, 5.74) is 6.09. The normalized spacial score (nSPS) is 34.4. The zero-order valence-corrected chi connectivity index (χ0v) is 12.4. The highest BCUT2D eigenvalue weighted by Gasteiger charge is 2.35. The van der Waals surface area contributed by atoms with Crippen LogP contribution in [0.1, 0.15) is 33.6 Å². The third kappa shape index (κ3) is 4.25. The Morgan fingerprint density at radius 3 is 2.50 bits per heavy atom. The Hall–Kier alpha value is -0.610. The van der Waals surface area contributed by atoms with Crippen molar-refractivity contribution in [2.75, 3.05) is 20.6 Å². The van der Waals surface area contributed by atoms with Gasteiger partial charge < -0.3 is 16.0 Å². The monoisotopic (exact) mass is 255 g/mol. The molecule has 0 aromatic carbocycles. The number of hydrogen-bond acceptors (Lipinski definition) is 3. The highest BCUT2D eigenvalue weighted by atomic mass is 16.2. The number of amides is 1. The van der Waals surface area contributed by atoms with Gasteiger partial charge in [0.2, 0.25) is 5.91 Å². The van der Waals surface area contributed by atoms with Crippen molar-refractivity contribution in [1.29, 1.82) is 0 Å². The summed E-state index contributed by atoms with van der Waals surface area (Å²) in [5.74, 6) is 1.23. The smallest absolute Gasteiger partial charge is 0.223 e. The summed E-state index contributed by atoms with van der Waals surface area (Å²) < 4.78 is 0. The van der Waals surface area contributed by atoms with Crippen molar-refractivity contribution in [1.82, 2.24) is 10.2 Å². The van der Waals surface area contributed by atoms with Crippen LogP contribution in [0, 0.1) is 17.8 Å². The van der Waals surface area contributed by atoms with Gasteiger partial charge in [-0.1, -0.05) is 13.8 Å². The van der Waals surface area contributed by atoms with Crippen molar-refractivity contribution < 1.29 is 4.79 Å². The first-order valence-corrected chi connectivity index (χ1v) is 7.02. The quantitative estimate of drug-likeness (QED) is 0.790. The maximum Gasteiger partial charge on any atom is 0.223 e. The molecule has 5 atom stereocenters. The molecule has 0 heterocycles. The molecular formula is C14H29N3O. The molecule has 106 valence electrons. The van der Waals surface area contributed by atoms with Crippen LogP contribution in [0.4, 0.5) is 0 Å². The molecule has 4 nitrogen and oxygen atoms in total. The van der Waals surface area contributed by atoms with Crippen molar-refractivity contribution in [3.8, 4) is 0 Å². The Morgan fingerprint density at radius 2 is 1.94 bits per heavy atom. The van der Waals surface area contributed by atoms with Crippen LogP contribution in [0.2, 0.25) is 0 Å². The van der Waals surface area contributed by atoms with E-state index in [0.29, 0.717) is 11.8 Å². The second-order valence-electron chi connectivity index (χ2n) is 6.37. The van der Waals surface area contributed by atoms with Crippen molar-refractivity contribution in [3.63, 3.8) is 0 Å². The highest BCUT2D eigenvalue weighted by molar-refractivity contribution is 5.79. The van der Waals surface area contributed by atoms with Crippen LogP contribution in [0.5, 0.6) is 0 Å². The van der Waals surface area contributed by atoms with Gasteiger partial charge in [-0.3, -0.25) is 4.79 Å². The van der Waals surface area contributed by atoms with Gasteiger partial charge in [0.05, 0.1) is 0 Å². The summed E-state index contributed by atoms with van der Waals surface area (Å²) in [4.78, 5) is 14.4. The largest absolute Gasteiger partial charge is 0.352 e. The topological polar surface area (TPSA) is 58.4 Å². The van der Waals surface area contributed by atoms with Crippen LogP contribution in [0.25, 0.3) is 0 Å². The van der Waals surface area contributed by atoms with Crippen LogP contribution < -0.4 is 11.1 Å². The Morgan fingerprint density at radius 1 is 1.33 bits per heavy atom. The summed E-state index contributed by atoms with van der Waals surface area (Å²) >= 11 is 0. The molecular weight excluding hydrogens is 226 g/mol. The average Bonchev–Trinajstić information content (AvgIpc) is 2.21. The lowest BCUT2D eigenvalue weighted by atomic mass is 9.72. The summed E-state index contributed by atoms with van der Waals surface area (Å²) in [5, 5.41) is 3.11. The van der Waals surface area contributed by atoms with E-state index < -0.39 is 0 Å². The molecule has 18 heavy (non-hydrogen) atoms. The van der Waals surface area contributed by atoms with Gasteiger partial charge in [-0.25, -0.2) is 0 Å². The molecule has 1 amide bonds. The number of hydrogen-bond donors (Lipinski definition) is 2. The molecule has 1 aliphatic rings. The van der Waals surface area contributed by atoms with Crippen LogP contribution in [0.15, 0.2) is 0 Å². The Bertz CT molecular complexity index is 280.